The Balaban J connectivity index is 1.58. The smallest absolute Gasteiger partial charge is 0.387 e. The highest BCUT2D eigenvalue weighted by Crippen LogP contribution is 2.22. The Kier molecular flexibility index (Phi) is 6.53. The molecule has 2 heterocycles. The number of hydrogen-bond donors (Lipinski definition) is 1. The van der Waals surface area contributed by atoms with Gasteiger partial charge in [-0.1, -0.05) is 12.1 Å². The minimum Gasteiger partial charge on any atom is -0.435 e. The maximum absolute atomic E-state index is 12.6. The fourth-order valence-electron chi connectivity index (χ4n) is 3.23. The molecule has 1 saturated heterocycles. The van der Waals surface area contributed by atoms with Gasteiger partial charge in [0.1, 0.15) is 16.3 Å². The maximum Gasteiger partial charge on any atom is 0.387 e. The Morgan fingerprint density at radius 3 is 2.48 bits per heavy atom. The molecule has 1 aromatic carbocycles. The molecule has 29 heavy (non-hydrogen) atoms. The summed E-state index contributed by atoms with van der Waals surface area (Å²) < 4.78 is 56.8. The lowest BCUT2D eigenvalue weighted by Crippen LogP contribution is -2.28. The molecule has 1 aliphatic rings. The minimum absolute atomic E-state index is 0.0725. The summed E-state index contributed by atoms with van der Waals surface area (Å²) in [4.78, 5) is 12.6. The fourth-order valence-corrected chi connectivity index (χ4v) is 4.82. The van der Waals surface area contributed by atoms with Gasteiger partial charge < -0.3 is 14.6 Å². The molecule has 2 aromatic rings. The van der Waals surface area contributed by atoms with Crippen LogP contribution in [0.2, 0.25) is 0 Å². The number of nitrogens with zero attached hydrogens (tertiary/aromatic N) is 2. The predicted molar refractivity (Wildman–Crippen MR) is 103 cm³/mol. The number of hydrogen-bond acceptors (Lipinski definition) is 4. The molecule has 158 valence electrons. The van der Waals surface area contributed by atoms with Crippen molar-refractivity contribution in [1.82, 2.24) is 14.2 Å². The van der Waals surface area contributed by atoms with Gasteiger partial charge in [0.05, 0.1) is 0 Å². The molecular formula is C19H23F2N3O4S. The van der Waals surface area contributed by atoms with Crippen LogP contribution in [0.4, 0.5) is 8.78 Å². The van der Waals surface area contributed by atoms with Crippen molar-refractivity contribution in [3.05, 3.63) is 47.8 Å². The number of ether oxygens (including phenoxy) is 1. The second-order valence-corrected chi connectivity index (χ2v) is 8.75. The largest absolute Gasteiger partial charge is 0.435 e. The quantitative estimate of drug-likeness (QED) is 0.702. The van der Waals surface area contributed by atoms with E-state index >= 15 is 0 Å². The van der Waals surface area contributed by atoms with Gasteiger partial charge >= 0.3 is 6.61 Å². The number of benzene rings is 1. The lowest BCUT2D eigenvalue weighted by molar-refractivity contribution is -0.0498. The Hall–Kier alpha value is -2.46. The summed E-state index contributed by atoms with van der Waals surface area (Å²) in [5.74, 6) is -0.309. The lowest BCUT2D eigenvalue weighted by Gasteiger charge is -2.13. The zero-order valence-corrected chi connectivity index (χ0v) is 16.8. The predicted octanol–water partition coefficient (Wildman–Crippen LogP) is 2.38. The van der Waals surface area contributed by atoms with Crippen LogP contribution in [0.25, 0.3) is 0 Å². The number of aromatic nitrogens is 1. The number of rotatable bonds is 8. The van der Waals surface area contributed by atoms with E-state index in [9.17, 15) is 22.0 Å². The van der Waals surface area contributed by atoms with Gasteiger partial charge in [0, 0.05) is 32.9 Å². The number of carbonyl (C=O) groups excluding carboxylic acids is 1. The van der Waals surface area contributed by atoms with Gasteiger partial charge in [0.25, 0.3) is 5.91 Å². The number of alkyl halides is 2. The molecule has 1 amide bonds. The fraction of sp³-hybridized carbons (Fsp3) is 0.421. The highest BCUT2D eigenvalue weighted by molar-refractivity contribution is 7.89. The number of sulfonamides is 1. The van der Waals surface area contributed by atoms with Gasteiger partial charge in [-0.05, 0) is 43.0 Å². The summed E-state index contributed by atoms with van der Waals surface area (Å²) in [6, 6.07) is 7.56. The molecular weight excluding hydrogens is 404 g/mol. The lowest BCUT2D eigenvalue weighted by atomic mass is 10.1. The van der Waals surface area contributed by atoms with E-state index in [1.54, 1.807) is 19.2 Å². The van der Waals surface area contributed by atoms with E-state index in [-0.39, 0.29) is 22.2 Å². The molecule has 1 aliphatic heterocycles. The van der Waals surface area contributed by atoms with Crippen molar-refractivity contribution in [1.29, 1.82) is 0 Å². The van der Waals surface area contributed by atoms with Crippen LogP contribution in [0.5, 0.6) is 5.75 Å². The van der Waals surface area contributed by atoms with E-state index in [4.69, 9.17) is 0 Å². The van der Waals surface area contributed by atoms with Gasteiger partial charge in [0.2, 0.25) is 10.0 Å². The van der Waals surface area contributed by atoms with Gasteiger partial charge in [-0.25, -0.2) is 8.42 Å². The summed E-state index contributed by atoms with van der Waals surface area (Å²) >= 11 is 0. The summed E-state index contributed by atoms with van der Waals surface area (Å²) in [6.07, 6.45) is 3.62. The number of nitrogens with one attached hydrogen (secondary N) is 1. The van der Waals surface area contributed by atoms with Crippen LogP contribution in [0.15, 0.2) is 41.4 Å². The zero-order chi connectivity index (χ0) is 21.0. The second kappa shape index (κ2) is 8.91. The second-order valence-electron chi connectivity index (χ2n) is 6.81. The monoisotopic (exact) mass is 427 g/mol. The number of aryl methyl sites for hydroxylation is 1. The molecule has 0 bridgehead atoms. The van der Waals surface area contributed by atoms with Crippen molar-refractivity contribution in [2.24, 2.45) is 7.05 Å². The molecule has 0 radical (unpaired) electrons. The van der Waals surface area contributed by atoms with Gasteiger partial charge in [-0.15, -0.1) is 0 Å². The van der Waals surface area contributed by atoms with E-state index in [0.717, 1.165) is 18.4 Å². The van der Waals surface area contributed by atoms with E-state index in [1.165, 1.54) is 33.3 Å². The molecule has 1 fully saturated rings. The average Bonchev–Trinajstić information content (AvgIpc) is 3.33. The van der Waals surface area contributed by atoms with Crippen molar-refractivity contribution in [2.75, 3.05) is 19.6 Å². The first kappa shape index (κ1) is 21.3. The van der Waals surface area contributed by atoms with E-state index in [2.05, 4.69) is 10.1 Å². The summed E-state index contributed by atoms with van der Waals surface area (Å²) in [6.45, 7) is -1.56. The molecule has 0 atom stereocenters. The van der Waals surface area contributed by atoms with Gasteiger partial charge in [-0.2, -0.15) is 13.1 Å². The normalized spacial score (nSPS) is 15.0. The van der Waals surface area contributed by atoms with Gasteiger partial charge in [-0.3, -0.25) is 4.79 Å². The molecule has 10 heteroatoms. The molecule has 1 aromatic heterocycles. The first-order chi connectivity index (χ1) is 13.8. The van der Waals surface area contributed by atoms with Crippen LogP contribution in [0.3, 0.4) is 0 Å². The summed E-state index contributed by atoms with van der Waals surface area (Å²) in [5.41, 5.74) is 1.10. The third kappa shape index (κ3) is 5.13. The minimum atomic E-state index is -3.58. The molecule has 0 aliphatic carbocycles. The van der Waals surface area contributed by atoms with Crippen molar-refractivity contribution in [3.63, 3.8) is 0 Å². The molecule has 7 nitrogen and oxygen atoms in total. The van der Waals surface area contributed by atoms with E-state index < -0.39 is 16.6 Å². The number of amides is 1. The average molecular weight is 427 g/mol. The van der Waals surface area contributed by atoms with Crippen LogP contribution in [-0.4, -0.2) is 49.4 Å². The number of halogens is 2. The SMILES string of the molecule is Cn1cc(S(=O)(=O)N2CCCC2)cc1C(=O)NCCc1ccc(OC(F)F)cc1. The zero-order valence-electron chi connectivity index (χ0n) is 16.0. The van der Waals surface area contributed by atoms with Crippen LogP contribution in [0, 0.1) is 0 Å². The molecule has 0 saturated carbocycles. The molecule has 0 spiro atoms. The van der Waals surface area contributed by atoms with Crippen LogP contribution in [-0.2, 0) is 23.5 Å². The topological polar surface area (TPSA) is 80.6 Å². The van der Waals surface area contributed by atoms with E-state index in [1.807, 2.05) is 0 Å². The van der Waals surface area contributed by atoms with Crippen molar-refractivity contribution >= 4 is 15.9 Å². The van der Waals surface area contributed by atoms with Crippen LogP contribution in [0.1, 0.15) is 28.9 Å². The van der Waals surface area contributed by atoms with Crippen LogP contribution >= 0.6 is 0 Å². The highest BCUT2D eigenvalue weighted by atomic mass is 32.2. The Morgan fingerprint density at radius 1 is 1.21 bits per heavy atom. The number of carbonyl (C=O) groups is 1. The highest BCUT2D eigenvalue weighted by Gasteiger charge is 2.29. The summed E-state index contributed by atoms with van der Waals surface area (Å²) in [5, 5.41) is 2.75. The molecule has 1 N–H and O–H groups in total. The summed E-state index contributed by atoms with van der Waals surface area (Å²) in [7, 11) is -1.96. The maximum atomic E-state index is 12.6. The van der Waals surface area contributed by atoms with Crippen LogP contribution < -0.4 is 10.1 Å². The third-order valence-electron chi connectivity index (χ3n) is 4.76. The Labute approximate surface area is 168 Å². The third-order valence-corrected chi connectivity index (χ3v) is 6.63. The van der Waals surface area contributed by atoms with Gasteiger partial charge in [0.15, 0.2) is 0 Å². The Morgan fingerprint density at radius 2 is 1.86 bits per heavy atom. The van der Waals surface area contributed by atoms with E-state index in [0.29, 0.717) is 26.1 Å². The van der Waals surface area contributed by atoms with Crippen molar-refractivity contribution in [3.8, 4) is 5.75 Å². The Bertz CT molecular complexity index is 952. The molecule has 0 unspecified atom stereocenters. The first-order valence-electron chi connectivity index (χ1n) is 9.26. The first-order valence-corrected chi connectivity index (χ1v) is 10.7. The standard InChI is InChI=1S/C19H23F2N3O4S/c1-23-13-16(29(26,27)24-10-2-3-11-24)12-17(23)18(25)22-9-8-14-4-6-15(7-5-14)28-19(20)21/h4-7,12-13,19H,2-3,8-11H2,1H3,(H,22,25). The van der Waals surface area contributed by atoms with Crippen molar-refractivity contribution < 1.29 is 26.7 Å². The molecule has 3 rings (SSSR count). The van der Waals surface area contributed by atoms with Crippen molar-refractivity contribution in [2.45, 2.75) is 30.8 Å².